The molecule has 0 aliphatic carbocycles. The average molecular weight is 1040 g/mol. The van der Waals surface area contributed by atoms with Gasteiger partial charge in [-0.05, 0) is 73.1 Å². The van der Waals surface area contributed by atoms with Crippen LogP contribution in [0.15, 0.2) is 78.9 Å². The van der Waals surface area contributed by atoms with Crippen molar-refractivity contribution in [3.63, 3.8) is 0 Å². The van der Waals surface area contributed by atoms with Gasteiger partial charge in [-0.25, -0.2) is 4.79 Å². The number of piperidine rings is 1. The Morgan fingerprint density at radius 2 is 1.31 bits per heavy atom. The Balaban J connectivity index is 1.62. The van der Waals surface area contributed by atoms with Crippen molar-refractivity contribution >= 4 is 53.3 Å². The molecule has 0 saturated carbocycles. The minimum Gasteiger partial charge on any atom is -0.508 e. The van der Waals surface area contributed by atoms with Gasteiger partial charge in [0.1, 0.15) is 66.1 Å². The van der Waals surface area contributed by atoms with Gasteiger partial charge in [0.15, 0.2) is 0 Å². The predicted octanol–water partition coefficient (Wildman–Crippen LogP) is 2.12. The highest BCUT2D eigenvalue weighted by atomic mass is 16.5. The molecular formula is C54H71N7O14. The summed E-state index contributed by atoms with van der Waals surface area (Å²) in [7, 11) is 1.34. The topological polar surface area (TPSA) is 310 Å². The van der Waals surface area contributed by atoms with Gasteiger partial charge >= 0.3 is 11.9 Å². The minimum atomic E-state index is -1.91. The first-order valence-corrected chi connectivity index (χ1v) is 25.5. The number of carboxylic acids is 1. The van der Waals surface area contributed by atoms with Crippen LogP contribution in [0, 0.1) is 5.92 Å². The number of aliphatic carboxylic acids is 1. The first-order chi connectivity index (χ1) is 35.7. The maximum absolute atomic E-state index is 15.1. The molecule has 2 fully saturated rings. The molecule has 9 atom stereocenters. The van der Waals surface area contributed by atoms with Gasteiger partial charge in [0, 0.05) is 32.7 Å². The number of carbonyl (C=O) groups is 9. The molecule has 5 rings (SSSR count). The molecule has 9 N–H and O–H groups in total. The number of amides is 7. The number of esters is 1. The van der Waals surface area contributed by atoms with Crippen LogP contribution in [0.5, 0.6) is 11.5 Å². The standard InChI is InChI=1S/C54H71N7O14/c1-6-7-8-9-13-16-43(64)55-40(30-45(66)67)49(69)59-47-32(4)75-54(74)46(31(2)3)58-50(70)41(28-35-19-23-37(63)24-20-35)60(5)53(73)42(29-33-14-11-10-12-15-33)61-44(65)26-25-38(52(61)72)56-48(68)39(57-51(47)71)27-34-17-21-36(62)22-18-34/h10-12,14-15,17-24,31-32,38-42,44,46-47,62-63,65H,6-9,13,16,25-30H2,1-5H3,(H,55,64)(H,56,68)(H,57,71)(H,58,70)(H,59,69)(H,66,67). The van der Waals surface area contributed by atoms with Crippen LogP contribution in [0.1, 0.15) is 102 Å². The van der Waals surface area contributed by atoms with Gasteiger partial charge in [0.05, 0.1) is 6.42 Å². The van der Waals surface area contributed by atoms with E-state index >= 15 is 4.79 Å². The molecular weight excluding hydrogens is 971 g/mol. The number of aliphatic hydroxyl groups excluding tert-OH is 1. The molecule has 2 aliphatic heterocycles. The SMILES string of the molecule is CCCCCCCC(=O)NC(CC(=O)O)C(=O)NC1C(=O)NC(Cc2ccc(O)cc2)C(=O)NC2CCC(O)N(C2=O)C(Cc2ccccc2)C(=O)N(C)C(Cc2ccc(O)cc2)C(=O)NC(C(C)C)C(=O)OC1C. The normalized spacial score (nSPS) is 23.6. The van der Waals surface area contributed by atoms with Crippen LogP contribution in [0.2, 0.25) is 0 Å². The highest BCUT2D eigenvalue weighted by molar-refractivity contribution is 5.99. The average Bonchev–Trinajstić information content (AvgIpc) is 3.36. The van der Waals surface area contributed by atoms with E-state index in [1.54, 1.807) is 44.2 Å². The van der Waals surface area contributed by atoms with E-state index in [2.05, 4.69) is 26.6 Å². The molecule has 7 amide bonds. The summed E-state index contributed by atoms with van der Waals surface area (Å²) in [4.78, 5) is 130. The van der Waals surface area contributed by atoms with E-state index < -0.39 is 120 Å². The molecule has 21 nitrogen and oxygen atoms in total. The number of ether oxygens (including phenoxy) is 1. The third-order valence-electron chi connectivity index (χ3n) is 13.4. The third kappa shape index (κ3) is 16.7. The molecule has 2 aliphatic rings. The fourth-order valence-corrected chi connectivity index (χ4v) is 9.06. The van der Waals surface area contributed by atoms with Crippen LogP contribution in [0.3, 0.4) is 0 Å². The molecule has 75 heavy (non-hydrogen) atoms. The van der Waals surface area contributed by atoms with Crippen molar-refractivity contribution in [2.24, 2.45) is 5.92 Å². The van der Waals surface area contributed by atoms with E-state index in [4.69, 9.17) is 4.74 Å². The number of benzene rings is 3. The van der Waals surface area contributed by atoms with Gasteiger partial charge in [0.2, 0.25) is 41.4 Å². The fourth-order valence-electron chi connectivity index (χ4n) is 9.06. The number of likely N-dealkylation sites (N-methyl/N-ethyl adjacent to an activating group) is 1. The molecule has 3 aromatic rings. The predicted molar refractivity (Wildman–Crippen MR) is 272 cm³/mol. The Bertz CT molecular complexity index is 2470. The van der Waals surface area contributed by atoms with Gasteiger partial charge in [-0.2, -0.15) is 0 Å². The number of cyclic esters (lactones) is 1. The lowest BCUT2D eigenvalue weighted by Gasteiger charge is -2.43. The van der Waals surface area contributed by atoms with Crippen molar-refractivity contribution in [1.29, 1.82) is 0 Å². The first kappa shape index (κ1) is 58.3. The van der Waals surface area contributed by atoms with Gasteiger partial charge < -0.3 is 61.5 Å². The monoisotopic (exact) mass is 1040 g/mol. The van der Waals surface area contributed by atoms with Crippen LogP contribution >= 0.6 is 0 Å². The number of carbonyl (C=O) groups excluding carboxylic acids is 8. The Hall–Kier alpha value is -7.55. The molecule has 0 radical (unpaired) electrons. The number of carboxylic acid groups (broad SMARTS) is 1. The number of rotatable bonds is 18. The van der Waals surface area contributed by atoms with E-state index in [1.165, 1.54) is 62.5 Å². The van der Waals surface area contributed by atoms with Gasteiger partial charge in [-0.15, -0.1) is 0 Å². The molecule has 0 spiro atoms. The molecule has 3 aromatic carbocycles. The number of fused-ring (bicyclic) bond motifs is 2. The number of phenolic OH excluding ortho intramolecular Hbond substituents is 2. The summed E-state index contributed by atoms with van der Waals surface area (Å²) in [6.07, 6.45) is -0.982. The summed E-state index contributed by atoms with van der Waals surface area (Å²) >= 11 is 0. The van der Waals surface area contributed by atoms with E-state index in [1.807, 2.05) is 6.92 Å². The van der Waals surface area contributed by atoms with Gasteiger partial charge in [0.25, 0.3) is 0 Å². The Labute approximate surface area is 436 Å². The summed E-state index contributed by atoms with van der Waals surface area (Å²) < 4.78 is 5.87. The summed E-state index contributed by atoms with van der Waals surface area (Å²) in [6, 6.07) is 9.16. The smallest absolute Gasteiger partial charge is 0.329 e. The lowest BCUT2D eigenvalue weighted by atomic mass is 9.95. The van der Waals surface area contributed by atoms with Crippen LogP contribution in [0.25, 0.3) is 0 Å². The van der Waals surface area contributed by atoms with Gasteiger partial charge in [-0.3, -0.25) is 38.4 Å². The fraction of sp³-hybridized carbons (Fsp3) is 0.500. The summed E-state index contributed by atoms with van der Waals surface area (Å²) in [6.45, 7) is 6.46. The Morgan fingerprint density at radius 1 is 0.720 bits per heavy atom. The number of hydrogen-bond donors (Lipinski definition) is 9. The zero-order valence-electron chi connectivity index (χ0n) is 43.0. The number of hydrogen-bond acceptors (Lipinski definition) is 13. The second kappa shape index (κ2) is 27.7. The molecule has 406 valence electrons. The Kier molecular flexibility index (Phi) is 21.5. The summed E-state index contributed by atoms with van der Waals surface area (Å²) in [5, 5.41) is 54.4. The van der Waals surface area contributed by atoms with Crippen LogP contribution in [-0.2, 0) is 67.2 Å². The highest BCUT2D eigenvalue weighted by Gasteiger charge is 2.46. The highest BCUT2D eigenvalue weighted by Crippen LogP contribution is 2.26. The molecule has 2 bridgehead atoms. The second-order valence-corrected chi connectivity index (χ2v) is 19.6. The molecule has 2 saturated heterocycles. The number of nitrogens with zero attached hydrogens (tertiary/aromatic N) is 2. The first-order valence-electron chi connectivity index (χ1n) is 25.5. The van der Waals surface area contributed by atoms with Crippen molar-refractivity contribution in [2.45, 2.75) is 159 Å². The summed E-state index contributed by atoms with van der Waals surface area (Å²) in [5.41, 5.74) is 1.47. The zero-order valence-corrected chi connectivity index (χ0v) is 43.0. The quantitative estimate of drug-likeness (QED) is 0.0652. The molecule has 9 unspecified atom stereocenters. The van der Waals surface area contributed by atoms with Crippen molar-refractivity contribution in [2.75, 3.05) is 7.05 Å². The van der Waals surface area contributed by atoms with E-state index in [0.717, 1.165) is 35.5 Å². The maximum Gasteiger partial charge on any atom is 0.329 e. The molecule has 2 heterocycles. The second-order valence-electron chi connectivity index (χ2n) is 19.6. The number of aliphatic hydroxyl groups is 1. The Morgan fingerprint density at radius 3 is 1.91 bits per heavy atom. The third-order valence-corrected chi connectivity index (χ3v) is 13.4. The lowest BCUT2D eigenvalue weighted by Crippen LogP contribution is -2.65. The largest absolute Gasteiger partial charge is 0.508 e. The van der Waals surface area contributed by atoms with Crippen LogP contribution in [0.4, 0.5) is 0 Å². The van der Waals surface area contributed by atoms with Crippen molar-refractivity contribution in [1.82, 2.24) is 36.4 Å². The summed E-state index contributed by atoms with van der Waals surface area (Å²) in [5.74, 6) is -9.78. The maximum atomic E-state index is 15.1. The number of phenols is 2. The van der Waals surface area contributed by atoms with Crippen molar-refractivity contribution in [3.8, 4) is 11.5 Å². The van der Waals surface area contributed by atoms with E-state index in [9.17, 15) is 58.8 Å². The lowest BCUT2D eigenvalue weighted by molar-refractivity contribution is -0.165. The van der Waals surface area contributed by atoms with Crippen LogP contribution < -0.4 is 26.6 Å². The number of nitrogens with one attached hydrogen (secondary N) is 5. The van der Waals surface area contributed by atoms with Crippen molar-refractivity contribution in [3.05, 3.63) is 95.6 Å². The number of unbranched alkanes of at least 4 members (excludes halogenated alkanes) is 4. The van der Waals surface area contributed by atoms with Crippen molar-refractivity contribution < 1.29 is 68.3 Å². The van der Waals surface area contributed by atoms with Crippen LogP contribution in [-0.4, -0.2) is 145 Å². The zero-order chi connectivity index (χ0) is 54.9. The minimum absolute atomic E-state index is 0.0188. The number of aromatic hydroxyl groups is 2. The van der Waals surface area contributed by atoms with E-state index in [0.29, 0.717) is 23.1 Å². The molecule has 0 aromatic heterocycles. The van der Waals surface area contributed by atoms with E-state index in [-0.39, 0.29) is 50.0 Å². The molecule has 21 heteroatoms. The van der Waals surface area contributed by atoms with Gasteiger partial charge in [-0.1, -0.05) is 101 Å².